The average Bonchev–Trinajstić information content (AvgIpc) is 2.77. The van der Waals surface area contributed by atoms with Crippen molar-refractivity contribution in [2.24, 2.45) is 0 Å². The van der Waals surface area contributed by atoms with Crippen LogP contribution in [0.2, 0.25) is 0 Å². The van der Waals surface area contributed by atoms with E-state index in [1.165, 1.54) is 0 Å². The third-order valence-electron chi connectivity index (χ3n) is 3.38. The summed E-state index contributed by atoms with van der Waals surface area (Å²) in [4.78, 5) is 17.5. The van der Waals surface area contributed by atoms with E-state index >= 15 is 0 Å². The molecule has 1 atom stereocenters. The number of likely N-dealkylation sites (tertiary alicyclic amines) is 1. The molecule has 0 amide bonds. The van der Waals surface area contributed by atoms with Gasteiger partial charge in [0, 0.05) is 5.41 Å². The zero-order valence-electron chi connectivity index (χ0n) is 12.1. The van der Waals surface area contributed by atoms with Gasteiger partial charge >= 0.3 is 5.97 Å². The highest BCUT2D eigenvalue weighted by molar-refractivity contribution is 5.85. The van der Waals surface area contributed by atoms with Crippen molar-refractivity contribution in [3.8, 4) is 0 Å². The lowest BCUT2D eigenvalue weighted by Gasteiger charge is -2.31. The second-order valence-corrected chi connectivity index (χ2v) is 6.08. The van der Waals surface area contributed by atoms with Crippen molar-refractivity contribution in [1.82, 2.24) is 15.0 Å². The molecule has 6 nitrogen and oxygen atoms in total. The summed E-state index contributed by atoms with van der Waals surface area (Å²) < 4.78 is 5.23. The van der Waals surface area contributed by atoms with Crippen LogP contribution in [0.1, 0.15) is 51.7 Å². The number of carboxylic acid groups (broad SMARTS) is 1. The molecule has 1 fully saturated rings. The summed E-state index contributed by atoms with van der Waals surface area (Å²) in [6.45, 7) is 7.23. The maximum atomic E-state index is 11.2. The van der Waals surface area contributed by atoms with Gasteiger partial charge in [-0.1, -0.05) is 32.3 Å². The highest BCUT2D eigenvalue weighted by atomic mass is 35.5. The van der Waals surface area contributed by atoms with E-state index in [2.05, 4.69) is 10.1 Å². The molecule has 1 aromatic heterocycles. The summed E-state index contributed by atoms with van der Waals surface area (Å²) in [6.07, 6.45) is 2.67. The molecule has 1 saturated heterocycles. The van der Waals surface area contributed by atoms with Crippen molar-refractivity contribution >= 4 is 18.4 Å². The minimum absolute atomic E-state index is 0. The SMILES string of the molecule is CC(C)(C)c1noc(CN2CCCCC2C(=O)O)n1.Cl. The first-order chi connectivity index (χ1) is 8.88. The molecule has 0 bridgehead atoms. The number of rotatable bonds is 3. The van der Waals surface area contributed by atoms with Crippen molar-refractivity contribution in [1.29, 1.82) is 0 Å². The fraction of sp³-hybridized carbons (Fsp3) is 0.769. The Bertz CT molecular complexity index is 456. The summed E-state index contributed by atoms with van der Waals surface area (Å²) >= 11 is 0. The molecule has 1 aliphatic rings. The number of hydrogen-bond acceptors (Lipinski definition) is 5. The Morgan fingerprint density at radius 1 is 1.45 bits per heavy atom. The van der Waals surface area contributed by atoms with Gasteiger partial charge in [-0.2, -0.15) is 4.98 Å². The summed E-state index contributed by atoms with van der Waals surface area (Å²) in [5.41, 5.74) is -0.157. The van der Waals surface area contributed by atoms with Gasteiger partial charge in [0.2, 0.25) is 5.89 Å². The van der Waals surface area contributed by atoms with Gasteiger partial charge in [0.1, 0.15) is 6.04 Å². The van der Waals surface area contributed by atoms with Crippen molar-refractivity contribution in [3.63, 3.8) is 0 Å². The van der Waals surface area contributed by atoms with Crippen LogP contribution in [0, 0.1) is 0 Å². The van der Waals surface area contributed by atoms with E-state index in [1.807, 2.05) is 25.7 Å². The van der Waals surface area contributed by atoms with E-state index in [9.17, 15) is 9.90 Å². The second-order valence-electron chi connectivity index (χ2n) is 6.08. The smallest absolute Gasteiger partial charge is 0.320 e. The van der Waals surface area contributed by atoms with E-state index in [0.717, 1.165) is 19.4 Å². The fourth-order valence-corrected chi connectivity index (χ4v) is 2.26. The molecule has 7 heteroatoms. The molecule has 1 N–H and O–H groups in total. The third-order valence-corrected chi connectivity index (χ3v) is 3.38. The van der Waals surface area contributed by atoms with Crippen LogP contribution in [0.5, 0.6) is 0 Å². The number of aromatic nitrogens is 2. The van der Waals surface area contributed by atoms with Gasteiger partial charge in [0.15, 0.2) is 5.82 Å². The van der Waals surface area contributed by atoms with Crippen molar-refractivity contribution in [2.75, 3.05) is 6.54 Å². The van der Waals surface area contributed by atoms with Crippen LogP contribution in [0.25, 0.3) is 0 Å². The predicted octanol–water partition coefficient (Wildman–Crippen LogP) is 2.23. The van der Waals surface area contributed by atoms with Gasteiger partial charge in [-0.15, -0.1) is 12.4 Å². The summed E-state index contributed by atoms with van der Waals surface area (Å²) in [6, 6.07) is -0.432. The van der Waals surface area contributed by atoms with E-state index in [4.69, 9.17) is 4.52 Å². The first-order valence-corrected chi connectivity index (χ1v) is 6.68. The Morgan fingerprint density at radius 3 is 2.70 bits per heavy atom. The number of aliphatic carboxylic acids is 1. The molecule has 0 aliphatic carbocycles. The van der Waals surface area contributed by atoms with E-state index in [1.54, 1.807) is 0 Å². The van der Waals surface area contributed by atoms with Crippen LogP contribution in [-0.4, -0.2) is 38.7 Å². The maximum absolute atomic E-state index is 11.2. The lowest BCUT2D eigenvalue weighted by atomic mass is 9.96. The average molecular weight is 304 g/mol. The lowest BCUT2D eigenvalue weighted by Crippen LogP contribution is -2.44. The van der Waals surface area contributed by atoms with Crippen LogP contribution < -0.4 is 0 Å². The quantitative estimate of drug-likeness (QED) is 0.922. The Balaban J connectivity index is 0.00000200. The van der Waals surface area contributed by atoms with E-state index < -0.39 is 12.0 Å². The predicted molar refractivity (Wildman–Crippen MR) is 75.9 cm³/mol. The van der Waals surface area contributed by atoms with Gasteiger partial charge in [-0.25, -0.2) is 0 Å². The maximum Gasteiger partial charge on any atom is 0.320 e. The van der Waals surface area contributed by atoms with Crippen LogP contribution in [0.3, 0.4) is 0 Å². The number of halogens is 1. The van der Waals surface area contributed by atoms with E-state index in [-0.39, 0.29) is 17.8 Å². The molecule has 2 rings (SSSR count). The normalized spacial score (nSPS) is 20.4. The van der Waals surface area contributed by atoms with Gasteiger partial charge in [-0.3, -0.25) is 9.69 Å². The highest BCUT2D eigenvalue weighted by Gasteiger charge is 2.30. The number of carboxylic acids is 1. The van der Waals surface area contributed by atoms with Crippen LogP contribution in [-0.2, 0) is 16.8 Å². The molecule has 0 saturated carbocycles. The molecule has 0 aromatic carbocycles. The second kappa shape index (κ2) is 6.54. The molecule has 1 aliphatic heterocycles. The zero-order chi connectivity index (χ0) is 14.0. The van der Waals surface area contributed by atoms with Gasteiger partial charge < -0.3 is 9.63 Å². The van der Waals surface area contributed by atoms with Gasteiger partial charge in [-0.05, 0) is 19.4 Å². The minimum Gasteiger partial charge on any atom is -0.480 e. The van der Waals surface area contributed by atoms with Crippen LogP contribution >= 0.6 is 12.4 Å². The first kappa shape index (κ1) is 16.9. The van der Waals surface area contributed by atoms with E-state index in [0.29, 0.717) is 24.7 Å². The molecule has 1 unspecified atom stereocenters. The molecule has 0 radical (unpaired) electrons. The topological polar surface area (TPSA) is 79.5 Å². The number of carbonyl (C=O) groups is 1. The minimum atomic E-state index is -0.768. The summed E-state index contributed by atoms with van der Waals surface area (Å²) in [5, 5.41) is 13.2. The monoisotopic (exact) mass is 303 g/mol. The summed E-state index contributed by atoms with van der Waals surface area (Å²) in [5.74, 6) is 0.389. The number of hydrogen-bond donors (Lipinski definition) is 1. The Hall–Kier alpha value is -1.14. The van der Waals surface area contributed by atoms with Crippen molar-refractivity contribution in [2.45, 2.75) is 58.0 Å². The Kier molecular flexibility index (Phi) is 5.53. The van der Waals surface area contributed by atoms with Crippen molar-refractivity contribution < 1.29 is 14.4 Å². The molecular weight excluding hydrogens is 282 g/mol. The largest absolute Gasteiger partial charge is 0.480 e. The molecule has 20 heavy (non-hydrogen) atoms. The molecular formula is C13H22ClN3O3. The molecule has 2 heterocycles. The number of nitrogens with zero attached hydrogens (tertiary/aromatic N) is 3. The highest BCUT2D eigenvalue weighted by Crippen LogP contribution is 2.22. The Labute approximate surface area is 124 Å². The molecule has 0 spiro atoms. The molecule has 114 valence electrons. The van der Waals surface area contributed by atoms with Gasteiger partial charge in [0.05, 0.1) is 6.54 Å². The third kappa shape index (κ3) is 3.93. The summed E-state index contributed by atoms with van der Waals surface area (Å²) in [7, 11) is 0. The van der Waals surface area contributed by atoms with Crippen LogP contribution in [0.15, 0.2) is 4.52 Å². The fourth-order valence-electron chi connectivity index (χ4n) is 2.26. The standard InChI is InChI=1S/C13H21N3O3.ClH/c1-13(2,3)12-14-10(19-15-12)8-16-7-5-4-6-9(16)11(17)18;/h9H,4-8H2,1-3H3,(H,17,18);1H. The Morgan fingerprint density at radius 2 is 2.15 bits per heavy atom. The lowest BCUT2D eigenvalue weighted by molar-refractivity contribution is -0.145. The van der Waals surface area contributed by atoms with Gasteiger partial charge in [0.25, 0.3) is 0 Å². The van der Waals surface area contributed by atoms with Crippen LogP contribution in [0.4, 0.5) is 0 Å². The zero-order valence-corrected chi connectivity index (χ0v) is 12.9. The number of piperidine rings is 1. The van der Waals surface area contributed by atoms with Crippen molar-refractivity contribution in [3.05, 3.63) is 11.7 Å². The molecule has 1 aromatic rings. The first-order valence-electron chi connectivity index (χ1n) is 6.68.